The lowest BCUT2D eigenvalue weighted by Gasteiger charge is -2.16. The van der Waals surface area contributed by atoms with Gasteiger partial charge in [0.2, 0.25) is 0 Å². The first-order chi connectivity index (χ1) is 6.57. The van der Waals surface area contributed by atoms with Crippen molar-refractivity contribution < 1.29 is 17.9 Å². The summed E-state index contributed by atoms with van der Waals surface area (Å²) in [7, 11) is 0. The number of pyridine rings is 1. The summed E-state index contributed by atoms with van der Waals surface area (Å²) in [5.74, 6) is 0. The summed E-state index contributed by atoms with van der Waals surface area (Å²) in [6.07, 6.45) is -3.73. The van der Waals surface area contributed by atoms with Gasteiger partial charge in [-0.25, -0.2) is 4.98 Å². The normalized spacial score (nSPS) is 16.5. The van der Waals surface area contributed by atoms with Gasteiger partial charge in [0.15, 0.2) is 0 Å². The second kappa shape index (κ2) is 3.24. The molecule has 0 unspecified atom stereocenters. The number of hydrogen-bond donors (Lipinski definition) is 0. The molecule has 0 saturated heterocycles. The standard InChI is InChI=1S/C9H8F3NO/c10-9(11,12)8-2-1-6-3-4-14-5-7(6)13-8/h1-2H,3-5H2. The first-order valence-electron chi connectivity index (χ1n) is 4.21. The average molecular weight is 203 g/mol. The second-order valence-corrected chi connectivity index (χ2v) is 3.10. The number of nitrogens with zero attached hydrogens (tertiary/aromatic N) is 1. The van der Waals surface area contributed by atoms with E-state index in [1.807, 2.05) is 0 Å². The van der Waals surface area contributed by atoms with Crippen LogP contribution in [0.2, 0.25) is 0 Å². The molecule has 0 N–H and O–H groups in total. The fourth-order valence-corrected chi connectivity index (χ4v) is 1.39. The van der Waals surface area contributed by atoms with Crippen LogP contribution in [0.5, 0.6) is 0 Å². The van der Waals surface area contributed by atoms with Crippen molar-refractivity contribution in [2.24, 2.45) is 0 Å². The third-order valence-electron chi connectivity index (χ3n) is 2.11. The van der Waals surface area contributed by atoms with Gasteiger partial charge in [-0.05, 0) is 18.1 Å². The molecule has 0 aliphatic carbocycles. The van der Waals surface area contributed by atoms with Crippen LogP contribution in [0.4, 0.5) is 13.2 Å². The Hall–Kier alpha value is -1.10. The highest BCUT2D eigenvalue weighted by Gasteiger charge is 2.33. The van der Waals surface area contributed by atoms with E-state index >= 15 is 0 Å². The topological polar surface area (TPSA) is 22.1 Å². The lowest BCUT2D eigenvalue weighted by atomic mass is 10.1. The zero-order chi connectivity index (χ0) is 10.2. The molecule has 5 heteroatoms. The molecule has 0 spiro atoms. The van der Waals surface area contributed by atoms with E-state index in [-0.39, 0.29) is 6.61 Å². The van der Waals surface area contributed by atoms with Gasteiger partial charge in [0, 0.05) is 0 Å². The van der Waals surface area contributed by atoms with Crippen molar-refractivity contribution in [3.63, 3.8) is 0 Å². The van der Waals surface area contributed by atoms with Crippen LogP contribution in [-0.2, 0) is 23.9 Å². The van der Waals surface area contributed by atoms with Crippen LogP contribution in [0.15, 0.2) is 12.1 Å². The van der Waals surface area contributed by atoms with Crippen molar-refractivity contribution in [3.05, 3.63) is 29.1 Å². The van der Waals surface area contributed by atoms with Gasteiger partial charge in [0.05, 0.1) is 18.9 Å². The molecule has 0 bridgehead atoms. The molecule has 2 nitrogen and oxygen atoms in total. The third-order valence-corrected chi connectivity index (χ3v) is 2.11. The highest BCUT2D eigenvalue weighted by Crippen LogP contribution is 2.29. The Labute approximate surface area is 78.7 Å². The molecule has 1 aliphatic heterocycles. The Kier molecular flexibility index (Phi) is 2.19. The van der Waals surface area contributed by atoms with E-state index in [0.29, 0.717) is 18.7 Å². The minimum atomic E-state index is -4.37. The number of hydrogen-bond acceptors (Lipinski definition) is 2. The molecule has 0 saturated carbocycles. The fourth-order valence-electron chi connectivity index (χ4n) is 1.39. The first-order valence-corrected chi connectivity index (χ1v) is 4.21. The van der Waals surface area contributed by atoms with Crippen molar-refractivity contribution in [2.45, 2.75) is 19.2 Å². The summed E-state index contributed by atoms with van der Waals surface area (Å²) in [6.45, 7) is 0.735. The Morgan fingerprint density at radius 2 is 2.07 bits per heavy atom. The van der Waals surface area contributed by atoms with Crippen molar-refractivity contribution in [1.82, 2.24) is 4.98 Å². The Morgan fingerprint density at radius 1 is 1.29 bits per heavy atom. The van der Waals surface area contributed by atoms with E-state index < -0.39 is 11.9 Å². The highest BCUT2D eigenvalue weighted by molar-refractivity contribution is 5.25. The van der Waals surface area contributed by atoms with Gasteiger partial charge in [-0.15, -0.1) is 0 Å². The molecule has 0 aromatic carbocycles. The van der Waals surface area contributed by atoms with Crippen LogP contribution in [0.1, 0.15) is 17.0 Å². The minimum absolute atomic E-state index is 0.180. The summed E-state index contributed by atoms with van der Waals surface area (Å²) < 4.78 is 41.8. The molecule has 76 valence electrons. The van der Waals surface area contributed by atoms with Gasteiger partial charge < -0.3 is 4.74 Å². The Balaban J connectivity index is 2.39. The van der Waals surface area contributed by atoms with E-state index in [4.69, 9.17) is 4.74 Å². The molecule has 1 aromatic heterocycles. The molecule has 0 amide bonds. The van der Waals surface area contributed by atoms with Crippen LogP contribution in [0.25, 0.3) is 0 Å². The summed E-state index contributed by atoms with van der Waals surface area (Å²) >= 11 is 0. The van der Waals surface area contributed by atoms with Gasteiger partial charge in [-0.2, -0.15) is 13.2 Å². The fraction of sp³-hybridized carbons (Fsp3) is 0.444. The van der Waals surface area contributed by atoms with Crippen LogP contribution >= 0.6 is 0 Å². The monoisotopic (exact) mass is 203 g/mol. The molecule has 1 aromatic rings. The predicted molar refractivity (Wildman–Crippen MR) is 42.6 cm³/mol. The highest BCUT2D eigenvalue weighted by atomic mass is 19.4. The maximum Gasteiger partial charge on any atom is 0.433 e. The molecular formula is C9H8F3NO. The largest absolute Gasteiger partial charge is 0.433 e. The number of fused-ring (bicyclic) bond motifs is 1. The number of aromatic nitrogens is 1. The van der Waals surface area contributed by atoms with Crippen molar-refractivity contribution in [3.8, 4) is 0 Å². The summed E-state index contributed by atoms with van der Waals surface area (Å²) in [5, 5.41) is 0. The molecule has 0 radical (unpaired) electrons. The molecule has 0 fully saturated rings. The molecule has 2 heterocycles. The summed E-state index contributed by atoms with van der Waals surface area (Å²) in [4.78, 5) is 3.53. The summed E-state index contributed by atoms with van der Waals surface area (Å²) in [6, 6.07) is 2.50. The SMILES string of the molecule is FC(F)(F)c1ccc2c(n1)COCC2. The molecule has 0 atom stereocenters. The molecular weight excluding hydrogens is 195 g/mol. The maximum atomic E-state index is 12.3. The van der Waals surface area contributed by atoms with Gasteiger partial charge >= 0.3 is 6.18 Å². The minimum Gasteiger partial charge on any atom is -0.375 e. The van der Waals surface area contributed by atoms with Gasteiger partial charge in [-0.3, -0.25) is 0 Å². The number of ether oxygens (including phenoxy) is 1. The number of alkyl halides is 3. The van der Waals surface area contributed by atoms with Gasteiger partial charge in [-0.1, -0.05) is 6.07 Å². The maximum absolute atomic E-state index is 12.3. The third kappa shape index (κ3) is 1.72. The Bertz CT molecular complexity index is 348. The van der Waals surface area contributed by atoms with Gasteiger partial charge in [0.1, 0.15) is 5.69 Å². The van der Waals surface area contributed by atoms with E-state index in [1.165, 1.54) is 6.07 Å². The van der Waals surface area contributed by atoms with Gasteiger partial charge in [0.25, 0.3) is 0 Å². The Morgan fingerprint density at radius 3 is 2.79 bits per heavy atom. The number of halogens is 3. The average Bonchev–Trinajstić information content (AvgIpc) is 2.16. The van der Waals surface area contributed by atoms with Crippen LogP contribution in [-0.4, -0.2) is 11.6 Å². The van der Waals surface area contributed by atoms with E-state index in [0.717, 1.165) is 11.6 Å². The smallest absolute Gasteiger partial charge is 0.375 e. The molecule has 14 heavy (non-hydrogen) atoms. The van der Waals surface area contributed by atoms with Crippen molar-refractivity contribution in [1.29, 1.82) is 0 Å². The van der Waals surface area contributed by atoms with Crippen LogP contribution < -0.4 is 0 Å². The zero-order valence-electron chi connectivity index (χ0n) is 7.27. The van der Waals surface area contributed by atoms with Crippen LogP contribution in [0, 0.1) is 0 Å². The molecule has 2 rings (SSSR count). The summed E-state index contributed by atoms with van der Waals surface area (Å²) in [5.41, 5.74) is 0.414. The number of rotatable bonds is 0. The first kappa shape index (κ1) is 9.45. The predicted octanol–water partition coefficient (Wildman–Crippen LogP) is 2.17. The zero-order valence-corrected chi connectivity index (χ0v) is 7.27. The van der Waals surface area contributed by atoms with Crippen molar-refractivity contribution >= 4 is 0 Å². The quantitative estimate of drug-likeness (QED) is 0.644. The lowest BCUT2D eigenvalue weighted by molar-refractivity contribution is -0.141. The van der Waals surface area contributed by atoms with E-state index in [2.05, 4.69) is 4.98 Å². The molecule has 1 aliphatic rings. The van der Waals surface area contributed by atoms with Crippen LogP contribution in [0.3, 0.4) is 0 Å². The second-order valence-electron chi connectivity index (χ2n) is 3.10. The van der Waals surface area contributed by atoms with Crippen molar-refractivity contribution in [2.75, 3.05) is 6.61 Å². The van der Waals surface area contributed by atoms with E-state index in [1.54, 1.807) is 0 Å². The van der Waals surface area contributed by atoms with E-state index in [9.17, 15) is 13.2 Å². The lowest BCUT2D eigenvalue weighted by Crippen LogP contribution is -2.16.